The van der Waals surface area contributed by atoms with E-state index in [1.54, 1.807) is 0 Å². The SMILES string of the molecule is CCCCCCCCCCn1ccc(C(C)NC)c1. The molecule has 1 atom stereocenters. The minimum absolute atomic E-state index is 0.458. The van der Waals surface area contributed by atoms with E-state index < -0.39 is 0 Å². The van der Waals surface area contributed by atoms with Gasteiger partial charge >= 0.3 is 0 Å². The Morgan fingerprint density at radius 1 is 1.05 bits per heavy atom. The fourth-order valence-corrected chi connectivity index (χ4v) is 2.45. The van der Waals surface area contributed by atoms with E-state index >= 15 is 0 Å². The van der Waals surface area contributed by atoms with Crippen molar-refractivity contribution in [2.24, 2.45) is 0 Å². The Kier molecular flexibility index (Phi) is 8.64. The van der Waals surface area contributed by atoms with Crippen LogP contribution < -0.4 is 5.32 Å². The molecule has 1 unspecified atom stereocenters. The maximum Gasteiger partial charge on any atom is 0.0304 e. The Morgan fingerprint density at radius 3 is 2.32 bits per heavy atom. The molecule has 0 aromatic carbocycles. The van der Waals surface area contributed by atoms with E-state index in [0.29, 0.717) is 6.04 Å². The third-order valence-corrected chi connectivity index (χ3v) is 3.98. The molecule has 0 radical (unpaired) electrons. The molecule has 1 aromatic rings. The lowest BCUT2D eigenvalue weighted by molar-refractivity contribution is 0.543. The number of nitrogens with one attached hydrogen (secondary N) is 1. The Hall–Kier alpha value is -0.760. The molecule has 1 rings (SSSR count). The summed E-state index contributed by atoms with van der Waals surface area (Å²) in [6, 6.07) is 2.69. The highest BCUT2D eigenvalue weighted by atomic mass is 14.9. The van der Waals surface area contributed by atoms with Gasteiger partial charge in [-0.3, -0.25) is 0 Å². The molecular weight excluding hydrogens is 232 g/mol. The van der Waals surface area contributed by atoms with Crippen LogP contribution in [0.2, 0.25) is 0 Å². The minimum atomic E-state index is 0.458. The van der Waals surface area contributed by atoms with Crippen LogP contribution in [0.15, 0.2) is 18.5 Å². The fraction of sp³-hybridized carbons (Fsp3) is 0.765. The molecule has 0 spiro atoms. The van der Waals surface area contributed by atoms with Crippen molar-refractivity contribution in [3.63, 3.8) is 0 Å². The van der Waals surface area contributed by atoms with E-state index in [0.717, 1.165) is 0 Å². The fourth-order valence-electron chi connectivity index (χ4n) is 2.45. The standard InChI is InChI=1S/C17H32N2/c1-4-5-6-7-8-9-10-11-13-19-14-12-17(15-19)16(2)18-3/h12,14-16,18H,4-11,13H2,1-3H3. The van der Waals surface area contributed by atoms with Gasteiger partial charge in [-0.2, -0.15) is 0 Å². The summed E-state index contributed by atoms with van der Waals surface area (Å²) in [4.78, 5) is 0. The van der Waals surface area contributed by atoms with Crippen LogP contribution in [0.25, 0.3) is 0 Å². The van der Waals surface area contributed by atoms with Gasteiger partial charge in [0.25, 0.3) is 0 Å². The zero-order chi connectivity index (χ0) is 13.9. The Balaban J connectivity index is 2.04. The second-order valence-electron chi connectivity index (χ2n) is 5.67. The summed E-state index contributed by atoms with van der Waals surface area (Å²) in [5.41, 5.74) is 1.39. The van der Waals surface area contributed by atoms with Crippen LogP contribution in [0, 0.1) is 0 Å². The predicted molar refractivity (Wildman–Crippen MR) is 84.5 cm³/mol. The van der Waals surface area contributed by atoms with Crippen LogP contribution in [0.1, 0.15) is 76.8 Å². The summed E-state index contributed by atoms with van der Waals surface area (Å²) >= 11 is 0. The van der Waals surface area contributed by atoms with Crippen LogP contribution in [0.4, 0.5) is 0 Å². The van der Waals surface area contributed by atoms with Gasteiger partial charge in [-0.05, 0) is 32.0 Å². The first kappa shape index (κ1) is 16.3. The average molecular weight is 264 g/mol. The second-order valence-corrected chi connectivity index (χ2v) is 5.67. The van der Waals surface area contributed by atoms with Gasteiger partial charge in [-0.15, -0.1) is 0 Å². The molecular formula is C17H32N2. The summed E-state index contributed by atoms with van der Waals surface area (Å²) in [7, 11) is 2.01. The lowest BCUT2D eigenvalue weighted by Crippen LogP contribution is -2.11. The normalized spacial score (nSPS) is 12.8. The largest absolute Gasteiger partial charge is 0.354 e. The zero-order valence-electron chi connectivity index (χ0n) is 13.1. The van der Waals surface area contributed by atoms with Gasteiger partial charge in [-0.1, -0.05) is 51.9 Å². The van der Waals surface area contributed by atoms with E-state index in [1.807, 2.05) is 7.05 Å². The lowest BCUT2D eigenvalue weighted by Gasteiger charge is -2.07. The van der Waals surface area contributed by atoms with Crippen molar-refractivity contribution in [3.8, 4) is 0 Å². The van der Waals surface area contributed by atoms with Crippen LogP contribution in [-0.2, 0) is 6.54 Å². The first-order valence-electron chi connectivity index (χ1n) is 8.11. The molecule has 0 amide bonds. The van der Waals surface area contributed by atoms with Gasteiger partial charge < -0.3 is 9.88 Å². The van der Waals surface area contributed by atoms with Gasteiger partial charge in [0.05, 0.1) is 0 Å². The van der Waals surface area contributed by atoms with E-state index in [4.69, 9.17) is 0 Å². The smallest absolute Gasteiger partial charge is 0.0304 e. The number of aryl methyl sites for hydroxylation is 1. The molecule has 0 saturated heterocycles. The predicted octanol–water partition coefficient (Wildman–Crippen LogP) is 4.91. The molecule has 0 fully saturated rings. The molecule has 110 valence electrons. The number of rotatable bonds is 11. The average Bonchev–Trinajstić information content (AvgIpc) is 2.89. The first-order valence-corrected chi connectivity index (χ1v) is 8.11. The highest BCUT2D eigenvalue weighted by Gasteiger charge is 2.03. The van der Waals surface area contributed by atoms with E-state index in [2.05, 4.69) is 42.2 Å². The molecule has 1 aromatic heterocycles. The summed E-state index contributed by atoms with van der Waals surface area (Å²) in [6.07, 6.45) is 15.6. The second kappa shape index (κ2) is 10.1. The van der Waals surface area contributed by atoms with Gasteiger partial charge in [0, 0.05) is 25.0 Å². The molecule has 0 saturated carbocycles. The van der Waals surface area contributed by atoms with Crippen molar-refractivity contribution < 1.29 is 0 Å². The van der Waals surface area contributed by atoms with E-state index in [1.165, 1.54) is 63.5 Å². The van der Waals surface area contributed by atoms with E-state index in [-0.39, 0.29) is 0 Å². The highest BCUT2D eigenvalue weighted by molar-refractivity contribution is 5.14. The van der Waals surface area contributed by atoms with Crippen molar-refractivity contribution in [1.82, 2.24) is 9.88 Å². The maximum absolute atomic E-state index is 3.28. The van der Waals surface area contributed by atoms with Crippen LogP contribution >= 0.6 is 0 Å². The maximum atomic E-state index is 3.28. The van der Waals surface area contributed by atoms with Crippen molar-refractivity contribution in [2.45, 2.75) is 77.8 Å². The molecule has 1 N–H and O–H groups in total. The highest BCUT2D eigenvalue weighted by Crippen LogP contribution is 2.13. The first-order chi connectivity index (χ1) is 9.27. The van der Waals surface area contributed by atoms with Crippen LogP contribution in [0.3, 0.4) is 0 Å². The topological polar surface area (TPSA) is 17.0 Å². The molecule has 2 heteroatoms. The number of aromatic nitrogens is 1. The molecule has 0 bridgehead atoms. The summed E-state index contributed by atoms with van der Waals surface area (Å²) in [5, 5.41) is 3.28. The number of hydrogen-bond donors (Lipinski definition) is 1. The van der Waals surface area contributed by atoms with Gasteiger partial charge in [0.1, 0.15) is 0 Å². The Bertz CT molecular complexity index is 317. The summed E-state index contributed by atoms with van der Waals surface area (Å²) in [5.74, 6) is 0. The zero-order valence-corrected chi connectivity index (χ0v) is 13.1. The number of unbranched alkanes of at least 4 members (excludes halogenated alkanes) is 7. The van der Waals surface area contributed by atoms with E-state index in [9.17, 15) is 0 Å². The molecule has 1 heterocycles. The molecule has 0 aliphatic carbocycles. The molecule has 2 nitrogen and oxygen atoms in total. The van der Waals surface area contributed by atoms with Crippen molar-refractivity contribution in [2.75, 3.05) is 7.05 Å². The third kappa shape index (κ3) is 6.81. The van der Waals surface area contributed by atoms with Gasteiger partial charge in [0.15, 0.2) is 0 Å². The summed E-state index contributed by atoms with van der Waals surface area (Å²) in [6.45, 7) is 5.65. The molecule has 0 aliphatic heterocycles. The third-order valence-electron chi connectivity index (χ3n) is 3.98. The van der Waals surface area contributed by atoms with Crippen molar-refractivity contribution in [3.05, 3.63) is 24.0 Å². The Labute approximate surface area is 119 Å². The molecule has 0 aliphatic rings. The molecule has 19 heavy (non-hydrogen) atoms. The van der Waals surface area contributed by atoms with Crippen LogP contribution in [-0.4, -0.2) is 11.6 Å². The van der Waals surface area contributed by atoms with Crippen molar-refractivity contribution >= 4 is 0 Å². The number of nitrogens with zero attached hydrogens (tertiary/aromatic N) is 1. The lowest BCUT2D eigenvalue weighted by atomic mass is 10.1. The minimum Gasteiger partial charge on any atom is -0.354 e. The number of hydrogen-bond acceptors (Lipinski definition) is 1. The van der Waals surface area contributed by atoms with Gasteiger partial charge in [0.2, 0.25) is 0 Å². The quantitative estimate of drug-likeness (QED) is 0.562. The monoisotopic (exact) mass is 264 g/mol. The Morgan fingerprint density at radius 2 is 1.68 bits per heavy atom. The van der Waals surface area contributed by atoms with Crippen LogP contribution in [0.5, 0.6) is 0 Å². The van der Waals surface area contributed by atoms with Gasteiger partial charge in [-0.25, -0.2) is 0 Å². The van der Waals surface area contributed by atoms with Crippen molar-refractivity contribution in [1.29, 1.82) is 0 Å². The summed E-state index contributed by atoms with van der Waals surface area (Å²) < 4.78 is 2.33.